The van der Waals surface area contributed by atoms with E-state index in [1.165, 1.54) is 64.2 Å². The highest BCUT2D eigenvalue weighted by molar-refractivity contribution is 5.75. The van der Waals surface area contributed by atoms with Crippen LogP contribution in [-0.2, 0) is 4.79 Å². The fraction of sp³-hybridized carbons (Fsp3) is 0.950. The Hall–Kier alpha value is -0.610. The van der Waals surface area contributed by atoms with E-state index >= 15 is 0 Å². The normalized spacial score (nSPS) is 13.7. The molecule has 0 fully saturated rings. The highest BCUT2D eigenvalue weighted by Crippen LogP contribution is 2.11. The summed E-state index contributed by atoms with van der Waals surface area (Å²) in [5.74, 6) is 0.181. The molecule has 1 amide bonds. The smallest absolute Gasteiger partial charge is 0.220 e. The summed E-state index contributed by atoms with van der Waals surface area (Å²) in [6.45, 7) is 7.79. The maximum absolute atomic E-state index is 11.8. The number of carbonyl (C=O) groups excluding carboxylic acids is 1. The molecule has 2 unspecified atom stereocenters. The first-order valence-corrected chi connectivity index (χ1v) is 10.3. The summed E-state index contributed by atoms with van der Waals surface area (Å²) in [4.78, 5) is 11.8. The molecule has 0 radical (unpaired) electrons. The molecule has 0 aromatic carbocycles. The van der Waals surface area contributed by atoms with Crippen molar-refractivity contribution in [3.63, 3.8) is 0 Å². The average Bonchev–Trinajstić information content (AvgIpc) is 2.56. The second kappa shape index (κ2) is 17.2. The van der Waals surface area contributed by atoms with Gasteiger partial charge in [-0.2, -0.15) is 0 Å². The average molecular weight is 342 g/mol. The van der Waals surface area contributed by atoms with Crippen LogP contribution in [0.2, 0.25) is 0 Å². The molecule has 0 bridgehead atoms. The summed E-state index contributed by atoms with van der Waals surface area (Å²) < 4.78 is 0. The predicted molar refractivity (Wildman–Crippen MR) is 105 cm³/mol. The van der Waals surface area contributed by atoms with Crippen LogP contribution in [-0.4, -0.2) is 31.1 Å². The molecule has 0 rings (SSSR count). The molecule has 0 heterocycles. The molecule has 4 nitrogen and oxygen atoms in total. The van der Waals surface area contributed by atoms with Gasteiger partial charge < -0.3 is 16.4 Å². The van der Waals surface area contributed by atoms with E-state index in [0.717, 1.165) is 13.0 Å². The number of unbranched alkanes of at least 4 members (excludes halogenated alkanes) is 10. The number of rotatable bonds is 17. The third-order valence-corrected chi connectivity index (χ3v) is 4.40. The minimum atomic E-state index is 0.152. The Balaban J connectivity index is 3.28. The molecule has 0 aromatic heterocycles. The number of amides is 1. The lowest BCUT2D eigenvalue weighted by Crippen LogP contribution is -2.43. The summed E-state index contributed by atoms with van der Waals surface area (Å²) in [6, 6.07) is 0.428. The van der Waals surface area contributed by atoms with Crippen LogP contribution in [0.15, 0.2) is 0 Å². The summed E-state index contributed by atoms with van der Waals surface area (Å²) in [5, 5.41) is 6.31. The van der Waals surface area contributed by atoms with E-state index in [1.807, 2.05) is 6.92 Å². The molecular weight excluding hydrogens is 298 g/mol. The van der Waals surface area contributed by atoms with Gasteiger partial charge in [0.2, 0.25) is 5.91 Å². The van der Waals surface area contributed by atoms with E-state index in [1.54, 1.807) is 0 Å². The van der Waals surface area contributed by atoms with Gasteiger partial charge in [-0.05, 0) is 20.3 Å². The lowest BCUT2D eigenvalue weighted by molar-refractivity contribution is -0.121. The van der Waals surface area contributed by atoms with E-state index in [-0.39, 0.29) is 18.0 Å². The summed E-state index contributed by atoms with van der Waals surface area (Å²) in [5.41, 5.74) is 5.70. The van der Waals surface area contributed by atoms with Crippen LogP contribution in [0.1, 0.15) is 97.8 Å². The maximum Gasteiger partial charge on any atom is 0.220 e. The molecule has 144 valence electrons. The number of hydrogen-bond acceptors (Lipinski definition) is 3. The number of nitrogens with two attached hydrogens (primary N) is 1. The van der Waals surface area contributed by atoms with Crippen LogP contribution in [0.3, 0.4) is 0 Å². The van der Waals surface area contributed by atoms with Crippen LogP contribution in [0.4, 0.5) is 0 Å². The van der Waals surface area contributed by atoms with Gasteiger partial charge in [-0.1, -0.05) is 71.1 Å². The predicted octanol–water partition coefficient (Wildman–Crippen LogP) is 4.13. The zero-order chi connectivity index (χ0) is 18.0. The number of hydrogen-bond donors (Lipinski definition) is 3. The molecule has 4 N–H and O–H groups in total. The van der Waals surface area contributed by atoms with E-state index in [4.69, 9.17) is 5.73 Å². The minimum Gasteiger partial charge on any atom is -0.355 e. The second-order valence-electron chi connectivity index (χ2n) is 7.38. The van der Waals surface area contributed by atoms with Crippen LogP contribution in [0, 0.1) is 0 Å². The second-order valence-corrected chi connectivity index (χ2v) is 7.38. The fourth-order valence-electron chi connectivity index (χ4n) is 2.76. The van der Waals surface area contributed by atoms with Crippen molar-refractivity contribution >= 4 is 5.91 Å². The summed E-state index contributed by atoms with van der Waals surface area (Å²) in [6.07, 6.45) is 15.1. The van der Waals surface area contributed by atoms with Gasteiger partial charge in [0.05, 0.1) is 0 Å². The molecule has 0 saturated heterocycles. The molecule has 0 spiro atoms. The van der Waals surface area contributed by atoms with E-state index in [9.17, 15) is 4.79 Å². The molecule has 0 aromatic rings. The van der Waals surface area contributed by atoms with Gasteiger partial charge in [0.15, 0.2) is 0 Å². The molecule has 0 saturated carbocycles. The third kappa shape index (κ3) is 17.7. The highest BCUT2D eigenvalue weighted by Gasteiger charge is 2.05. The molecule has 0 aliphatic heterocycles. The van der Waals surface area contributed by atoms with Crippen molar-refractivity contribution in [2.45, 2.75) is 110 Å². The minimum absolute atomic E-state index is 0.152. The van der Waals surface area contributed by atoms with Crippen LogP contribution in [0.5, 0.6) is 0 Å². The molecule has 24 heavy (non-hydrogen) atoms. The Labute approximate surface area is 150 Å². The van der Waals surface area contributed by atoms with Crippen LogP contribution < -0.4 is 16.4 Å². The van der Waals surface area contributed by atoms with Gasteiger partial charge in [-0.25, -0.2) is 0 Å². The van der Waals surface area contributed by atoms with E-state index in [0.29, 0.717) is 13.0 Å². The first kappa shape index (κ1) is 23.4. The Kier molecular flexibility index (Phi) is 16.8. The highest BCUT2D eigenvalue weighted by atomic mass is 16.1. The standard InChI is InChI=1S/C20H43N3O/c1-4-5-6-7-8-9-10-11-12-13-14-15-20(24)23-17-19(3)22-16-18(2)21/h18-19,22H,4-17,21H2,1-3H3,(H,23,24). The molecular formula is C20H43N3O. The Morgan fingerprint density at radius 3 is 1.83 bits per heavy atom. The van der Waals surface area contributed by atoms with Crippen molar-refractivity contribution in [1.29, 1.82) is 0 Å². The quantitative estimate of drug-likeness (QED) is 0.348. The van der Waals surface area contributed by atoms with Crippen LogP contribution in [0.25, 0.3) is 0 Å². The lowest BCUT2D eigenvalue weighted by Gasteiger charge is -2.16. The zero-order valence-electron chi connectivity index (χ0n) is 16.5. The van der Waals surface area contributed by atoms with Gasteiger partial charge >= 0.3 is 0 Å². The first-order valence-electron chi connectivity index (χ1n) is 10.3. The number of nitrogens with one attached hydrogen (secondary N) is 2. The van der Waals surface area contributed by atoms with Gasteiger partial charge in [0.1, 0.15) is 0 Å². The van der Waals surface area contributed by atoms with Crippen LogP contribution >= 0.6 is 0 Å². The molecule has 0 aliphatic rings. The number of carbonyl (C=O) groups is 1. The third-order valence-electron chi connectivity index (χ3n) is 4.40. The Morgan fingerprint density at radius 1 is 0.833 bits per heavy atom. The Morgan fingerprint density at radius 2 is 1.33 bits per heavy atom. The van der Waals surface area contributed by atoms with Gasteiger partial charge in [0.25, 0.3) is 0 Å². The van der Waals surface area contributed by atoms with Crippen molar-refractivity contribution in [2.24, 2.45) is 5.73 Å². The van der Waals surface area contributed by atoms with Crippen molar-refractivity contribution in [1.82, 2.24) is 10.6 Å². The maximum atomic E-state index is 11.8. The van der Waals surface area contributed by atoms with E-state index in [2.05, 4.69) is 24.5 Å². The Bertz CT molecular complexity index is 282. The summed E-state index contributed by atoms with van der Waals surface area (Å²) >= 11 is 0. The van der Waals surface area contributed by atoms with Gasteiger partial charge in [-0.3, -0.25) is 4.79 Å². The monoisotopic (exact) mass is 341 g/mol. The fourth-order valence-corrected chi connectivity index (χ4v) is 2.76. The molecule has 0 aliphatic carbocycles. The SMILES string of the molecule is CCCCCCCCCCCCCC(=O)NCC(C)NCC(C)N. The van der Waals surface area contributed by atoms with Crippen molar-refractivity contribution in [3.8, 4) is 0 Å². The van der Waals surface area contributed by atoms with Crippen molar-refractivity contribution in [2.75, 3.05) is 13.1 Å². The molecule has 2 atom stereocenters. The van der Waals surface area contributed by atoms with Crippen molar-refractivity contribution < 1.29 is 4.79 Å². The largest absolute Gasteiger partial charge is 0.355 e. The zero-order valence-corrected chi connectivity index (χ0v) is 16.5. The van der Waals surface area contributed by atoms with Gasteiger partial charge in [0, 0.05) is 31.6 Å². The lowest BCUT2D eigenvalue weighted by atomic mass is 10.1. The van der Waals surface area contributed by atoms with E-state index < -0.39 is 0 Å². The summed E-state index contributed by atoms with van der Waals surface area (Å²) in [7, 11) is 0. The molecule has 4 heteroatoms. The first-order chi connectivity index (χ1) is 11.6. The topological polar surface area (TPSA) is 67.2 Å². The van der Waals surface area contributed by atoms with Gasteiger partial charge in [-0.15, -0.1) is 0 Å². The van der Waals surface area contributed by atoms with Crippen molar-refractivity contribution in [3.05, 3.63) is 0 Å².